The summed E-state index contributed by atoms with van der Waals surface area (Å²) in [6.07, 6.45) is 9.21. The third kappa shape index (κ3) is 2.54. The fraction of sp³-hybridized carbons (Fsp3) is 0.467. The molecule has 0 spiro atoms. The van der Waals surface area contributed by atoms with Crippen LogP contribution >= 0.6 is 0 Å². The fourth-order valence-corrected chi connectivity index (χ4v) is 2.74. The largest absolute Gasteiger partial charge is 0.316 e. The number of rotatable bonds is 3. The van der Waals surface area contributed by atoms with E-state index in [0.29, 0.717) is 5.92 Å². The van der Waals surface area contributed by atoms with Crippen LogP contribution in [0.25, 0.3) is 5.69 Å². The van der Waals surface area contributed by atoms with E-state index < -0.39 is 0 Å². The molecule has 1 saturated heterocycles. The van der Waals surface area contributed by atoms with Gasteiger partial charge in [0, 0.05) is 43.2 Å². The molecule has 4 heteroatoms. The summed E-state index contributed by atoms with van der Waals surface area (Å²) in [5.41, 5.74) is 2.37. The van der Waals surface area contributed by atoms with Gasteiger partial charge in [-0.2, -0.15) is 0 Å². The summed E-state index contributed by atoms with van der Waals surface area (Å²) in [6.45, 7) is 4.31. The standard InChI is InChI=1S/C15H20N4/c1-2-15-18-8-9-19(15)13-5-7-17-14(10-13)12-4-3-6-16-11-12/h5,7-10,12,16H,2-4,6,11H2,1H3. The molecule has 0 radical (unpaired) electrons. The first-order chi connectivity index (χ1) is 9.38. The summed E-state index contributed by atoms with van der Waals surface area (Å²) in [6, 6.07) is 4.26. The van der Waals surface area contributed by atoms with Crippen molar-refractivity contribution in [2.75, 3.05) is 13.1 Å². The van der Waals surface area contributed by atoms with Gasteiger partial charge in [-0.05, 0) is 31.5 Å². The predicted molar refractivity (Wildman–Crippen MR) is 75.6 cm³/mol. The maximum Gasteiger partial charge on any atom is 0.112 e. The Bertz CT molecular complexity index is 541. The Kier molecular flexibility index (Phi) is 3.60. The van der Waals surface area contributed by atoms with Gasteiger partial charge in [-0.1, -0.05) is 6.92 Å². The van der Waals surface area contributed by atoms with Crippen molar-refractivity contribution in [3.63, 3.8) is 0 Å². The van der Waals surface area contributed by atoms with Crippen LogP contribution in [0.5, 0.6) is 0 Å². The Morgan fingerprint density at radius 2 is 2.32 bits per heavy atom. The first-order valence-corrected chi connectivity index (χ1v) is 7.07. The Morgan fingerprint density at radius 3 is 3.11 bits per heavy atom. The molecule has 1 fully saturated rings. The molecular formula is C15H20N4. The smallest absolute Gasteiger partial charge is 0.112 e. The van der Waals surface area contributed by atoms with Gasteiger partial charge in [0.15, 0.2) is 0 Å². The van der Waals surface area contributed by atoms with Gasteiger partial charge in [0.1, 0.15) is 5.82 Å². The Labute approximate surface area is 113 Å². The molecule has 100 valence electrons. The highest BCUT2D eigenvalue weighted by molar-refractivity contribution is 5.35. The topological polar surface area (TPSA) is 42.7 Å². The summed E-state index contributed by atoms with van der Waals surface area (Å²) in [5.74, 6) is 1.64. The number of aromatic nitrogens is 3. The molecule has 1 atom stereocenters. The first-order valence-electron chi connectivity index (χ1n) is 7.07. The monoisotopic (exact) mass is 256 g/mol. The number of aryl methyl sites for hydroxylation is 1. The minimum Gasteiger partial charge on any atom is -0.316 e. The lowest BCUT2D eigenvalue weighted by Crippen LogP contribution is -2.28. The molecule has 1 aliphatic heterocycles. The summed E-state index contributed by atoms with van der Waals surface area (Å²) >= 11 is 0. The van der Waals surface area contributed by atoms with Crippen LogP contribution in [0, 0.1) is 0 Å². The molecule has 1 N–H and O–H groups in total. The molecule has 19 heavy (non-hydrogen) atoms. The van der Waals surface area contributed by atoms with Crippen molar-refractivity contribution in [3.05, 3.63) is 42.2 Å². The molecule has 2 aromatic heterocycles. The number of piperidine rings is 1. The van der Waals surface area contributed by atoms with Crippen LogP contribution in [0.1, 0.15) is 37.2 Å². The minimum atomic E-state index is 0.544. The second-order valence-corrected chi connectivity index (χ2v) is 5.05. The van der Waals surface area contributed by atoms with E-state index in [2.05, 4.69) is 38.9 Å². The Hall–Kier alpha value is -1.68. The molecule has 0 bridgehead atoms. The maximum absolute atomic E-state index is 4.55. The molecule has 2 aromatic rings. The van der Waals surface area contributed by atoms with Crippen LogP contribution in [0.4, 0.5) is 0 Å². The number of nitrogens with zero attached hydrogens (tertiary/aromatic N) is 3. The number of pyridine rings is 1. The van der Waals surface area contributed by atoms with Crippen molar-refractivity contribution < 1.29 is 0 Å². The van der Waals surface area contributed by atoms with Gasteiger partial charge in [-0.25, -0.2) is 4.98 Å². The average molecular weight is 256 g/mol. The molecule has 1 unspecified atom stereocenters. The van der Waals surface area contributed by atoms with E-state index in [4.69, 9.17) is 0 Å². The zero-order valence-electron chi connectivity index (χ0n) is 11.3. The van der Waals surface area contributed by atoms with E-state index in [1.165, 1.54) is 24.2 Å². The van der Waals surface area contributed by atoms with Crippen molar-refractivity contribution in [3.8, 4) is 5.69 Å². The Balaban J connectivity index is 1.91. The van der Waals surface area contributed by atoms with E-state index >= 15 is 0 Å². The number of nitrogens with one attached hydrogen (secondary N) is 1. The van der Waals surface area contributed by atoms with Gasteiger partial charge in [-0.15, -0.1) is 0 Å². The molecule has 3 rings (SSSR count). The van der Waals surface area contributed by atoms with Crippen LogP contribution < -0.4 is 5.32 Å². The highest BCUT2D eigenvalue weighted by Crippen LogP contribution is 2.23. The van der Waals surface area contributed by atoms with Crippen LogP contribution in [0.15, 0.2) is 30.7 Å². The molecule has 0 aromatic carbocycles. The second-order valence-electron chi connectivity index (χ2n) is 5.05. The quantitative estimate of drug-likeness (QED) is 0.916. The predicted octanol–water partition coefficient (Wildman–Crippen LogP) is 2.30. The minimum absolute atomic E-state index is 0.544. The number of hydrogen-bond acceptors (Lipinski definition) is 3. The molecule has 0 amide bonds. The third-order valence-corrected chi connectivity index (χ3v) is 3.79. The van der Waals surface area contributed by atoms with Crippen molar-refractivity contribution in [2.24, 2.45) is 0 Å². The van der Waals surface area contributed by atoms with Crippen molar-refractivity contribution in [2.45, 2.75) is 32.1 Å². The second kappa shape index (κ2) is 5.53. The van der Waals surface area contributed by atoms with Crippen LogP contribution in [-0.2, 0) is 6.42 Å². The van der Waals surface area contributed by atoms with Crippen molar-refractivity contribution in [1.29, 1.82) is 0 Å². The zero-order chi connectivity index (χ0) is 13.1. The molecule has 0 aliphatic carbocycles. The first kappa shape index (κ1) is 12.4. The van der Waals surface area contributed by atoms with Crippen molar-refractivity contribution in [1.82, 2.24) is 19.9 Å². The van der Waals surface area contributed by atoms with Gasteiger partial charge >= 0.3 is 0 Å². The maximum atomic E-state index is 4.55. The van der Waals surface area contributed by atoms with Crippen LogP contribution in [-0.4, -0.2) is 27.6 Å². The van der Waals surface area contributed by atoms with E-state index in [-0.39, 0.29) is 0 Å². The molecule has 0 saturated carbocycles. The van der Waals surface area contributed by atoms with E-state index in [9.17, 15) is 0 Å². The van der Waals surface area contributed by atoms with Gasteiger partial charge in [-0.3, -0.25) is 4.98 Å². The third-order valence-electron chi connectivity index (χ3n) is 3.79. The van der Waals surface area contributed by atoms with E-state index in [0.717, 1.165) is 25.3 Å². The zero-order valence-corrected chi connectivity index (χ0v) is 11.3. The van der Waals surface area contributed by atoms with Crippen LogP contribution in [0.3, 0.4) is 0 Å². The summed E-state index contributed by atoms with van der Waals surface area (Å²) in [7, 11) is 0. The van der Waals surface area contributed by atoms with Gasteiger partial charge < -0.3 is 9.88 Å². The molecule has 1 aliphatic rings. The lowest BCUT2D eigenvalue weighted by atomic mass is 9.95. The van der Waals surface area contributed by atoms with Crippen molar-refractivity contribution >= 4 is 0 Å². The summed E-state index contributed by atoms with van der Waals surface area (Å²) in [4.78, 5) is 8.94. The molecule has 4 nitrogen and oxygen atoms in total. The lowest BCUT2D eigenvalue weighted by Gasteiger charge is -2.22. The Morgan fingerprint density at radius 1 is 1.37 bits per heavy atom. The van der Waals surface area contributed by atoms with Gasteiger partial charge in [0.25, 0.3) is 0 Å². The fourth-order valence-electron chi connectivity index (χ4n) is 2.74. The molecule has 3 heterocycles. The summed E-state index contributed by atoms with van der Waals surface area (Å²) in [5, 5.41) is 3.45. The molecular weight excluding hydrogens is 236 g/mol. The van der Waals surface area contributed by atoms with E-state index in [1.54, 1.807) is 0 Å². The number of hydrogen-bond donors (Lipinski definition) is 1. The highest BCUT2D eigenvalue weighted by atomic mass is 15.1. The number of imidazole rings is 1. The summed E-state index contributed by atoms with van der Waals surface area (Å²) < 4.78 is 2.15. The highest BCUT2D eigenvalue weighted by Gasteiger charge is 2.17. The average Bonchev–Trinajstić information content (AvgIpc) is 2.97. The van der Waals surface area contributed by atoms with E-state index in [1.807, 2.05) is 18.6 Å². The SMILES string of the molecule is CCc1nccn1-c1ccnc(C2CCCNC2)c1. The normalized spacial score (nSPS) is 19.5. The lowest BCUT2D eigenvalue weighted by molar-refractivity contribution is 0.454. The van der Waals surface area contributed by atoms with Gasteiger partial charge in [0.2, 0.25) is 0 Å². The van der Waals surface area contributed by atoms with Crippen LogP contribution in [0.2, 0.25) is 0 Å². The van der Waals surface area contributed by atoms with Gasteiger partial charge in [0.05, 0.1) is 5.69 Å².